The van der Waals surface area contributed by atoms with Crippen molar-refractivity contribution in [2.45, 2.75) is 13.3 Å². The summed E-state index contributed by atoms with van der Waals surface area (Å²) >= 11 is 0. The van der Waals surface area contributed by atoms with Gasteiger partial charge in [-0.2, -0.15) is 0 Å². The number of carbonyl (C=O) groups is 1. The first-order valence-corrected chi connectivity index (χ1v) is 9.87. The number of benzene rings is 2. The summed E-state index contributed by atoms with van der Waals surface area (Å²) < 4.78 is 3.94. The van der Waals surface area contributed by atoms with E-state index in [1.54, 1.807) is 13.0 Å². The molecule has 0 saturated carbocycles. The lowest BCUT2D eigenvalue weighted by Crippen LogP contribution is -2.26. The molecule has 1 heterocycles. The van der Waals surface area contributed by atoms with Crippen molar-refractivity contribution in [1.82, 2.24) is 0 Å². The Morgan fingerprint density at radius 3 is 1.80 bits per heavy atom. The quantitative estimate of drug-likeness (QED) is 0.787. The third kappa shape index (κ3) is 3.26. The van der Waals surface area contributed by atoms with E-state index < -0.39 is 13.8 Å². The summed E-state index contributed by atoms with van der Waals surface area (Å²) in [4.78, 5) is 23.2. The first-order valence-electron chi connectivity index (χ1n) is 8.23. The molecular weight excluding hydrogens is 335 g/mol. The second-order valence-electron chi connectivity index (χ2n) is 5.84. The van der Waals surface area contributed by atoms with Gasteiger partial charge in [0.1, 0.15) is 0 Å². The van der Waals surface area contributed by atoms with Crippen molar-refractivity contribution in [2.24, 2.45) is 0 Å². The third-order valence-corrected chi connectivity index (χ3v) is 7.75. The molecule has 131 valence electrons. The topological polar surface area (TPSA) is 64.0 Å². The molecule has 1 radical (unpaired) electrons. The number of hydrogen-bond donors (Lipinski definition) is 2. The van der Waals surface area contributed by atoms with Crippen LogP contribution in [0.5, 0.6) is 0 Å². The minimum atomic E-state index is -3.00. The van der Waals surface area contributed by atoms with Crippen LogP contribution in [0.25, 0.3) is 0 Å². The number of nitrogens with zero attached hydrogens (tertiary/aromatic N) is 2. The SMILES string of the molecule is CC=C(CC(=O)O)[P]1(O)N(c2ccccc2)CCN1c1ccccc1. The number of rotatable bonds is 5. The maximum absolute atomic E-state index is 11.9. The number of allylic oxidation sites excluding steroid dienone is 1. The summed E-state index contributed by atoms with van der Waals surface area (Å²) in [5.74, 6) is -0.936. The molecule has 0 aliphatic carbocycles. The van der Waals surface area contributed by atoms with Gasteiger partial charge in [0.25, 0.3) is 0 Å². The Labute approximate surface area is 148 Å². The molecule has 2 N–H and O–H groups in total. The Morgan fingerprint density at radius 2 is 1.44 bits per heavy atom. The minimum Gasteiger partial charge on any atom is -0.481 e. The van der Waals surface area contributed by atoms with Crippen LogP contribution in [0.1, 0.15) is 13.3 Å². The first kappa shape index (κ1) is 17.5. The normalized spacial score (nSPS) is 17.0. The lowest BCUT2D eigenvalue weighted by molar-refractivity contribution is -0.136. The van der Waals surface area contributed by atoms with E-state index in [0.29, 0.717) is 18.4 Å². The largest absolute Gasteiger partial charge is 0.481 e. The van der Waals surface area contributed by atoms with Gasteiger partial charge in [-0.15, -0.1) is 0 Å². The lowest BCUT2D eigenvalue weighted by atomic mass is 10.3. The van der Waals surface area contributed by atoms with Gasteiger partial charge in [-0.25, -0.2) is 0 Å². The van der Waals surface area contributed by atoms with Crippen molar-refractivity contribution in [3.05, 3.63) is 72.1 Å². The molecule has 0 amide bonds. The van der Waals surface area contributed by atoms with E-state index in [4.69, 9.17) is 0 Å². The second-order valence-corrected chi connectivity index (χ2v) is 8.51. The fraction of sp³-hybridized carbons (Fsp3) is 0.211. The summed E-state index contributed by atoms with van der Waals surface area (Å²) in [7, 11) is -3.00. The molecule has 3 rings (SSSR count). The van der Waals surface area contributed by atoms with Gasteiger partial charge in [0.2, 0.25) is 0 Å². The van der Waals surface area contributed by atoms with Crippen LogP contribution in [0.15, 0.2) is 72.1 Å². The van der Waals surface area contributed by atoms with Crippen molar-refractivity contribution >= 4 is 25.1 Å². The van der Waals surface area contributed by atoms with E-state index >= 15 is 0 Å². The van der Waals surface area contributed by atoms with E-state index in [0.717, 1.165) is 11.4 Å². The molecule has 25 heavy (non-hydrogen) atoms. The van der Waals surface area contributed by atoms with Crippen molar-refractivity contribution in [2.75, 3.05) is 22.4 Å². The van der Waals surface area contributed by atoms with Gasteiger partial charge >= 0.3 is 5.97 Å². The smallest absolute Gasteiger partial charge is 0.308 e. The van der Waals surface area contributed by atoms with Crippen molar-refractivity contribution in [3.63, 3.8) is 0 Å². The van der Waals surface area contributed by atoms with Gasteiger partial charge in [0.05, 0.1) is 6.42 Å². The van der Waals surface area contributed by atoms with E-state index in [2.05, 4.69) is 0 Å². The Kier molecular flexibility index (Phi) is 5.07. The molecule has 0 aromatic heterocycles. The van der Waals surface area contributed by atoms with E-state index in [1.807, 2.05) is 70.0 Å². The molecule has 0 unspecified atom stereocenters. The van der Waals surface area contributed by atoms with Gasteiger partial charge < -0.3 is 19.3 Å². The first-order chi connectivity index (χ1) is 12.1. The molecule has 1 saturated heterocycles. The fourth-order valence-electron chi connectivity index (χ4n) is 3.23. The molecule has 0 bridgehead atoms. The standard InChI is InChI=1S/C19H22N2O3P/c1-2-18(15-19(22)23)25(24)20(16-9-5-3-6-10-16)13-14-21(25)17-11-7-4-8-12-17/h2-12,24H,13-15H2,1H3,(H,22,23). The molecule has 2 aromatic carbocycles. The zero-order chi connectivity index (χ0) is 17.9. The number of carboxylic acid groups (broad SMARTS) is 1. The van der Waals surface area contributed by atoms with Crippen LogP contribution < -0.4 is 9.34 Å². The third-order valence-electron chi connectivity index (χ3n) is 4.36. The Morgan fingerprint density at radius 1 is 1.00 bits per heavy atom. The summed E-state index contributed by atoms with van der Waals surface area (Å²) in [5.41, 5.74) is 1.81. The summed E-state index contributed by atoms with van der Waals surface area (Å²) in [6.45, 7) is 3.07. The zero-order valence-electron chi connectivity index (χ0n) is 14.1. The molecule has 1 aliphatic rings. The predicted octanol–water partition coefficient (Wildman–Crippen LogP) is 4.15. The van der Waals surface area contributed by atoms with Crippen LogP contribution in [0, 0.1) is 0 Å². The maximum atomic E-state index is 11.9. The highest BCUT2D eigenvalue weighted by atomic mass is 31.2. The maximum Gasteiger partial charge on any atom is 0.308 e. The Balaban J connectivity index is 2.10. The average Bonchev–Trinajstić information content (AvgIpc) is 2.99. The number of aliphatic carboxylic acids is 1. The van der Waals surface area contributed by atoms with Gasteiger partial charge in [-0.05, 0) is 31.2 Å². The second kappa shape index (κ2) is 7.26. The molecule has 2 aromatic rings. The van der Waals surface area contributed by atoms with Gasteiger partial charge in [-0.3, -0.25) is 4.79 Å². The molecule has 6 heteroatoms. The fourth-order valence-corrected chi connectivity index (χ4v) is 6.45. The van der Waals surface area contributed by atoms with Crippen molar-refractivity contribution in [1.29, 1.82) is 0 Å². The zero-order valence-corrected chi connectivity index (χ0v) is 15.0. The monoisotopic (exact) mass is 357 g/mol. The molecule has 1 aliphatic heterocycles. The van der Waals surface area contributed by atoms with E-state index in [1.165, 1.54) is 0 Å². The molecular formula is C19H22N2O3P. The number of para-hydroxylation sites is 2. The predicted molar refractivity (Wildman–Crippen MR) is 103 cm³/mol. The molecule has 0 spiro atoms. The van der Waals surface area contributed by atoms with Gasteiger partial charge in [0, 0.05) is 29.8 Å². The van der Waals surface area contributed by atoms with Crippen molar-refractivity contribution in [3.8, 4) is 0 Å². The van der Waals surface area contributed by atoms with Crippen LogP contribution in [-0.2, 0) is 4.79 Å². The highest BCUT2D eigenvalue weighted by molar-refractivity contribution is 7.77. The Bertz CT molecular complexity index is 717. The minimum absolute atomic E-state index is 0.173. The highest BCUT2D eigenvalue weighted by Crippen LogP contribution is 2.72. The van der Waals surface area contributed by atoms with Crippen LogP contribution in [0.4, 0.5) is 11.4 Å². The summed E-state index contributed by atoms with van der Waals surface area (Å²) in [5, 5.41) is 9.89. The number of anilines is 2. The van der Waals surface area contributed by atoms with Crippen LogP contribution >= 0.6 is 7.79 Å². The van der Waals surface area contributed by atoms with E-state index in [9.17, 15) is 14.8 Å². The lowest BCUT2D eigenvalue weighted by Gasteiger charge is -2.43. The summed E-state index contributed by atoms with van der Waals surface area (Å²) in [6, 6.07) is 19.4. The van der Waals surface area contributed by atoms with E-state index in [-0.39, 0.29) is 6.42 Å². The molecule has 0 atom stereocenters. The average molecular weight is 357 g/mol. The summed E-state index contributed by atoms with van der Waals surface area (Å²) in [6.07, 6.45) is 1.58. The van der Waals surface area contributed by atoms with Crippen LogP contribution in [-0.4, -0.2) is 29.1 Å². The van der Waals surface area contributed by atoms with Crippen LogP contribution in [0.2, 0.25) is 0 Å². The highest BCUT2D eigenvalue weighted by Gasteiger charge is 2.48. The number of carboxylic acids is 1. The molecule has 1 fully saturated rings. The molecule has 5 nitrogen and oxygen atoms in total. The van der Waals surface area contributed by atoms with Crippen LogP contribution in [0.3, 0.4) is 0 Å². The van der Waals surface area contributed by atoms with Gasteiger partial charge in [-0.1, -0.05) is 42.5 Å². The Hall–Kier alpha value is -2.36. The van der Waals surface area contributed by atoms with Crippen molar-refractivity contribution < 1.29 is 14.8 Å². The number of hydrogen-bond acceptors (Lipinski definition) is 4. The van der Waals surface area contributed by atoms with Gasteiger partial charge in [0.15, 0.2) is 7.79 Å².